The first-order valence-corrected chi connectivity index (χ1v) is 10.2. The van der Waals surface area contributed by atoms with Crippen LogP contribution in [0.1, 0.15) is 17.2 Å². The second kappa shape index (κ2) is 9.08. The highest BCUT2D eigenvalue weighted by Gasteiger charge is 2.46. The lowest BCUT2D eigenvalue weighted by atomic mass is 9.98. The van der Waals surface area contributed by atoms with Gasteiger partial charge in [-0.3, -0.25) is 0 Å². The van der Waals surface area contributed by atoms with E-state index < -0.39 is 54.9 Å². The average Bonchev–Trinajstić information content (AvgIpc) is 2.79. The summed E-state index contributed by atoms with van der Waals surface area (Å²) in [4.78, 5) is 0. The van der Waals surface area contributed by atoms with Crippen LogP contribution in [0, 0.1) is 0 Å². The van der Waals surface area contributed by atoms with E-state index in [1.165, 1.54) is 31.4 Å². The molecule has 0 bridgehead atoms. The van der Waals surface area contributed by atoms with E-state index in [9.17, 15) is 40.9 Å². The van der Waals surface area contributed by atoms with Crippen LogP contribution in [0.25, 0.3) is 6.08 Å². The summed E-state index contributed by atoms with van der Waals surface area (Å²) in [5, 5.41) is 80.5. The van der Waals surface area contributed by atoms with E-state index in [-0.39, 0.29) is 39.9 Å². The predicted octanol–water partition coefficient (Wildman–Crippen LogP) is -0.329. The first-order valence-electron chi connectivity index (χ1n) is 10.2. The molecule has 0 spiro atoms. The van der Waals surface area contributed by atoms with Crippen molar-refractivity contribution in [3.05, 3.63) is 41.2 Å². The van der Waals surface area contributed by atoms with Crippen LogP contribution in [0.15, 0.2) is 30.0 Å². The lowest BCUT2D eigenvalue weighted by molar-refractivity contribution is -0.295. The number of hydrogen-bond acceptors (Lipinski definition) is 11. The molecule has 0 aromatic heterocycles. The highest BCUT2D eigenvalue weighted by molar-refractivity contribution is 5.69. The third-order valence-electron chi connectivity index (χ3n) is 5.64. The maximum atomic E-state index is 10.4. The molecule has 0 aliphatic carbocycles. The molecule has 12 nitrogen and oxygen atoms in total. The van der Waals surface area contributed by atoms with Crippen LogP contribution >= 0.6 is 0 Å². The van der Waals surface area contributed by atoms with Gasteiger partial charge in [0.2, 0.25) is 12.0 Å². The molecule has 0 radical (unpaired) electrons. The van der Waals surface area contributed by atoms with Crippen LogP contribution in [0.4, 0.5) is 0 Å². The minimum atomic E-state index is -1.72. The van der Waals surface area contributed by atoms with Crippen molar-refractivity contribution in [3.63, 3.8) is 0 Å². The molecule has 2 aromatic rings. The van der Waals surface area contributed by atoms with Gasteiger partial charge in [0.1, 0.15) is 41.5 Å². The van der Waals surface area contributed by atoms with E-state index in [2.05, 4.69) is 4.74 Å². The Kier molecular flexibility index (Phi) is 6.34. The third kappa shape index (κ3) is 4.13. The van der Waals surface area contributed by atoms with Crippen molar-refractivity contribution in [3.8, 4) is 34.5 Å². The van der Waals surface area contributed by atoms with Gasteiger partial charge in [-0.15, -0.1) is 0 Å². The molecule has 1 fully saturated rings. The number of hydrogen-bond donors (Lipinski definition) is 8. The molecule has 6 atom stereocenters. The fourth-order valence-corrected chi connectivity index (χ4v) is 3.91. The standard InChI is InChI=1S/C22H24O12/c1-31-21-12(26)2-8(3-13(21)27)20-15(6-10-11(25)4-9(24)5-14(10)32-20)33-22-19(30)18(29)17(28)16(7-23)34-22/h2-6,16-20,22-30H,7H2,1H3/p+1. The Balaban J connectivity index is 1.77. The fraction of sp³-hybridized carbons (Fsp3) is 0.364. The molecule has 2 aliphatic rings. The predicted molar refractivity (Wildman–Crippen MR) is 113 cm³/mol. The van der Waals surface area contributed by atoms with Crippen molar-refractivity contribution in [2.75, 3.05) is 13.7 Å². The quantitative estimate of drug-likeness (QED) is 0.260. The first-order chi connectivity index (χ1) is 16.1. The van der Waals surface area contributed by atoms with Gasteiger partial charge < -0.3 is 59.8 Å². The van der Waals surface area contributed by atoms with Crippen molar-refractivity contribution in [1.82, 2.24) is 0 Å². The zero-order valence-electron chi connectivity index (χ0n) is 17.8. The van der Waals surface area contributed by atoms with Gasteiger partial charge in [-0.1, -0.05) is 0 Å². The molecule has 184 valence electrons. The second-order valence-electron chi connectivity index (χ2n) is 7.88. The van der Waals surface area contributed by atoms with E-state index in [0.29, 0.717) is 0 Å². The Morgan fingerprint density at radius 3 is 2.21 bits per heavy atom. The number of aliphatic hydroxyl groups is 5. The van der Waals surface area contributed by atoms with Crippen molar-refractivity contribution in [2.24, 2.45) is 0 Å². The van der Waals surface area contributed by atoms with Gasteiger partial charge in [0, 0.05) is 12.1 Å². The number of rotatable bonds is 5. The number of ether oxygens (including phenoxy) is 4. The maximum Gasteiger partial charge on any atom is 0.270 e. The summed E-state index contributed by atoms with van der Waals surface area (Å²) >= 11 is 0. The molecule has 6 unspecified atom stereocenters. The maximum absolute atomic E-state index is 10.4. The van der Waals surface area contributed by atoms with Gasteiger partial charge in [-0.2, -0.15) is 0 Å². The largest absolute Gasteiger partial charge is 0.571 e. The van der Waals surface area contributed by atoms with Gasteiger partial charge in [0.25, 0.3) is 11.9 Å². The van der Waals surface area contributed by atoms with Gasteiger partial charge in [0.05, 0.1) is 25.3 Å². The molecule has 2 aromatic carbocycles. The van der Waals surface area contributed by atoms with Gasteiger partial charge >= 0.3 is 0 Å². The van der Waals surface area contributed by atoms with Gasteiger partial charge in [0.15, 0.2) is 17.3 Å². The van der Waals surface area contributed by atoms with Crippen LogP contribution in [0.2, 0.25) is 0 Å². The lowest BCUT2D eigenvalue weighted by Crippen LogP contribution is -2.59. The summed E-state index contributed by atoms with van der Waals surface area (Å²) in [5.41, 5.74) is 0.371. The molecule has 0 saturated carbocycles. The van der Waals surface area contributed by atoms with E-state index in [0.717, 1.165) is 6.07 Å². The average molecular weight is 481 g/mol. The van der Waals surface area contributed by atoms with Gasteiger partial charge in [-0.05, 0) is 12.1 Å². The second-order valence-corrected chi connectivity index (χ2v) is 7.88. The van der Waals surface area contributed by atoms with Crippen molar-refractivity contribution in [2.45, 2.75) is 36.8 Å². The molecule has 34 heavy (non-hydrogen) atoms. The molecule has 12 heteroatoms. The summed E-state index contributed by atoms with van der Waals surface area (Å²) in [6.07, 6.45) is -7.52. The van der Waals surface area contributed by atoms with E-state index in [1.807, 2.05) is 0 Å². The van der Waals surface area contributed by atoms with Crippen LogP contribution in [0.3, 0.4) is 0 Å². The molecular formula is C22H25O12+. The number of methoxy groups -OCH3 is 1. The van der Waals surface area contributed by atoms with Crippen LogP contribution in [0.5, 0.6) is 34.5 Å². The highest BCUT2D eigenvalue weighted by Crippen LogP contribution is 2.47. The molecule has 0 amide bonds. The Labute approximate surface area is 192 Å². The summed E-state index contributed by atoms with van der Waals surface area (Å²) in [7, 11) is 1.26. The lowest BCUT2D eigenvalue weighted by Gasteiger charge is -2.40. The normalized spacial score (nSPS) is 28.4. The van der Waals surface area contributed by atoms with Crippen LogP contribution in [-0.4, -0.2) is 90.0 Å². The first kappa shape index (κ1) is 23.7. The Morgan fingerprint density at radius 1 is 0.912 bits per heavy atom. The van der Waals surface area contributed by atoms with E-state index in [1.54, 1.807) is 0 Å². The number of phenolic OH excluding ortho intramolecular Hbond substituents is 4. The molecule has 4 rings (SSSR count). The van der Waals surface area contributed by atoms with Crippen molar-refractivity contribution >= 4 is 6.08 Å². The van der Waals surface area contributed by atoms with E-state index >= 15 is 0 Å². The third-order valence-corrected chi connectivity index (χ3v) is 5.64. The Hall–Kier alpha value is -3.42. The number of aromatic hydroxyl groups is 5. The van der Waals surface area contributed by atoms with Crippen LogP contribution in [-0.2, 0) is 9.47 Å². The smallest absolute Gasteiger partial charge is 0.270 e. The molecule has 1 saturated heterocycles. The minimum Gasteiger partial charge on any atom is -0.571 e. The van der Waals surface area contributed by atoms with Crippen LogP contribution < -0.4 is 4.74 Å². The zero-order valence-corrected chi connectivity index (χ0v) is 17.8. The highest BCUT2D eigenvalue weighted by atomic mass is 16.7. The van der Waals surface area contributed by atoms with Gasteiger partial charge in [-0.25, -0.2) is 0 Å². The summed E-state index contributed by atoms with van der Waals surface area (Å²) in [6, 6.07) is 4.88. The monoisotopic (exact) mass is 481 g/mol. The van der Waals surface area contributed by atoms with Crippen molar-refractivity contribution < 1.29 is 59.8 Å². The molecule has 2 heterocycles. The Morgan fingerprint density at radius 2 is 1.59 bits per heavy atom. The summed E-state index contributed by atoms with van der Waals surface area (Å²) < 4.78 is 20.6. The molecule has 9 N–H and O–H groups in total. The van der Waals surface area contributed by atoms with Crippen molar-refractivity contribution in [1.29, 1.82) is 0 Å². The SMILES string of the molecule is COc1c(O)cc(C2[OH+]c3cc(O)cc(O)c3C=C2OC2OC(CO)C(O)C(O)C2O)cc1O. The number of phenols is 4. The van der Waals surface area contributed by atoms with E-state index in [4.69, 9.17) is 14.2 Å². The number of fused-ring (bicyclic) bond motifs is 1. The fourth-order valence-electron chi connectivity index (χ4n) is 3.91. The topological polar surface area (TPSA) is 202 Å². The summed E-state index contributed by atoms with van der Waals surface area (Å²) in [6.45, 7) is -0.666. The zero-order chi connectivity index (χ0) is 24.7. The summed E-state index contributed by atoms with van der Waals surface area (Å²) in [5.74, 6) is -1.43. The minimum absolute atomic E-state index is 0.0400. The molecule has 2 aliphatic heterocycles. The number of benzene rings is 2. The Bertz CT molecular complexity index is 1070. The molecular weight excluding hydrogens is 456 g/mol. The number of aliphatic hydroxyl groups excluding tert-OH is 4.